The number of unbranched alkanes of at least 4 members (excludes halogenated alkanes) is 5. The van der Waals surface area contributed by atoms with Crippen molar-refractivity contribution in [2.24, 2.45) is 5.10 Å². The van der Waals surface area contributed by atoms with Crippen LogP contribution in [0.3, 0.4) is 0 Å². The molecule has 0 spiro atoms. The molecule has 2 atom stereocenters. The molecule has 6 aromatic rings. The molecule has 23 heteroatoms. The van der Waals surface area contributed by atoms with E-state index in [1.54, 1.807) is 35.6 Å². The lowest BCUT2D eigenvalue weighted by Crippen LogP contribution is -2.47. The van der Waals surface area contributed by atoms with Crippen LogP contribution >= 0.6 is 0 Å². The Morgan fingerprint density at radius 2 is 1.18 bits per heavy atom. The zero-order valence-corrected chi connectivity index (χ0v) is 55.2. The zero-order valence-electron chi connectivity index (χ0n) is 55.2. The predicted molar refractivity (Wildman–Crippen MR) is 363 cm³/mol. The maximum absolute atomic E-state index is 14.4. The number of hydrazone groups is 1. The number of carbonyl (C=O) groups is 5. The van der Waals surface area contributed by atoms with Gasteiger partial charge in [-0.2, -0.15) is 5.10 Å². The van der Waals surface area contributed by atoms with E-state index in [4.69, 9.17) is 47.7 Å². The van der Waals surface area contributed by atoms with Crippen molar-refractivity contribution in [1.29, 1.82) is 0 Å². The first-order valence-electron chi connectivity index (χ1n) is 33.7. The largest absolute Gasteiger partial charge is 0.449 e. The summed E-state index contributed by atoms with van der Waals surface area (Å²) in [4.78, 5) is 78.3. The van der Waals surface area contributed by atoms with Crippen molar-refractivity contribution in [1.82, 2.24) is 35.8 Å². The van der Waals surface area contributed by atoms with E-state index < -0.39 is 18.1 Å². The van der Waals surface area contributed by atoms with Gasteiger partial charge in [-0.1, -0.05) is 105 Å². The predicted octanol–water partition coefficient (Wildman–Crippen LogP) is 9.31. The number of nitrogens with zero attached hydrogens (tertiary/aromatic N) is 5. The number of pyridine rings is 2. The highest BCUT2D eigenvalue weighted by atomic mass is 16.6. The lowest BCUT2D eigenvalue weighted by atomic mass is 9.86. The van der Waals surface area contributed by atoms with Gasteiger partial charge in [0.2, 0.25) is 11.8 Å². The van der Waals surface area contributed by atoms with E-state index in [9.17, 15) is 24.0 Å². The number of urea groups is 1. The smallest absolute Gasteiger partial charge is 0.407 e. The van der Waals surface area contributed by atoms with Gasteiger partial charge in [0.25, 0.3) is 5.91 Å². The van der Waals surface area contributed by atoms with Gasteiger partial charge < -0.3 is 68.8 Å². The monoisotopic (exact) mass is 1320 g/mol. The fourth-order valence-electron chi connectivity index (χ4n) is 11.8. The number of anilines is 1. The number of hydrogen-bond donors (Lipinski definition) is 4. The molecule has 514 valence electrons. The van der Waals surface area contributed by atoms with Crippen LogP contribution in [0.4, 0.5) is 15.3 Å². The first-order valence-corrected chi connectivity index (χ1v) is 33.7. The lowest BCUT2D eigenvalue weighted by Gasteiger charge is -2.30. The molecule has 4 N–H and O–H groups in total. The molecule has 0 radical (unpaired) electrons. The fourth-order valence-corrected chi connectivity index (χ4v) is 11.8. The summed E-state index contributed by atoms with van der Waals surface area (Å²) in [6, 6.07) is 34.5. The van der Waals surface area contributed by atoms with Crippen LogP contribution in [0.1, 0.15) is 109 Å². The van der Waals surface area contributed by atoms with Gasteiger partial charge in [0.15, 0.2) is 0 Å². The standard InChI is InChI=1S/C73H93N9O14/c1-88-35-36-90-39-40-92-43-44-94-47-48-95-46-45-93-42-41-91-38-37-89-34-28-69(83)76-29-11-4-5-21-67(79-73(87)96-53-65-60-17-8-6-15-58(60)59-16-7-9-18-61(59)65)70(84)77-30-10-2-3-12-33-82-71(85)64(62-19-13-22-66-63(62)20-14-31-75-66)49-68(80-82)54-23-25-57(26-24-54)78-72(86)81-51-55-27-32-74-50-56(55)52-81/h6-9,13-20,22-27,31-32,50,64-65,67H,2-5,10-12,21,28-30,33-49,51-53H2,1H3,(H,76,83)(H,77,84)(H,78,86)(H,79,87)/t64?,67-/m0/s1. The summed E-state index contributed by atoms with van der Waals surface area (Å²) < 4.78 is 49.3. The van der Waals surface area contributed by atoms with Gasteiger partial charge in [0.05, 0.1) is 116 Å². The lowest BCUT2D eigenvalue weighted by molar-refractivity contribution is -0.133. The van der Waals surface area contributed by atoms with Crippen molar-refractivity contribution in [3.05, 3.63) is 161 Å². The van der Waals surface area contributed by atoms with E-state index in [0.29, 0.717) is 176 Å². The second-order valence-electron chi connectivity index (χ2n) is 23.6. The third kappa shape index (κ3) is 22.7. The van der Waals surface area contributed by atoms with Crippen LogP contribution in [0.15, 0.2) is 133 Å². The summed E-state index contributed by atoms with van der Waals surface area (Å²) in [6.07, 6.45) is 10.5. The number of methoxy groups -OCH3 is 1. The average molecular weight is 1320 g/mol. The van der Waals surface area contributed by atoms with Crippen molar-refractivity contribution < 1.29 is 66.6 Å². The van der Waals surface area contributed by atoms with E-state index in [0.717, 1.165) is 74.0 Å². The first kappa shape index (κ1) is 72.0. The summed E-state index contributed by atoms with van der Waals surface area (Å²) in [5.74, 6) is -1.13. The van der Waals surface area contributed by atoms with Gasteiger partial charge in [0, 0.05) is 88.3 Å². The molecule has 6 amide bonds. The van der Waals surface area contributed by atoms with Crippen LogP contribution in [0.25, 0.3) is 22.0 Å². The molecule has 9 rings (SSSR count). The van der Waals surface area contributed by atoms with Gasteiger partial charge >= 0.3 is 12.1 Å². The topological polar surface area (TPSA) is 261 Å². The molecule has 0 fully saturated rings. The van der Waals surface area contributed by atoms with Gasteiger partial charge in [-0.3, -0.25) is 24.4 Å². The van der Waals surface area contributed by atoms with Gasteiger partial charge in [-0.15, -0.1) is 0 Å². The number of aromatic nitrogens is 2. The Kier molecular flexibility index (Phi) is 30.3. The van der Waals surface area contributed by atoms with Crippen LogP contribution in [-0.2, 0) is 70.1 Å². The molecule has 2 aliphatic heterocycles. The molecule has 4 aromatic carbocycles. The van der Waals surface area contributed by atoms with E-state index in [1.807, 2.05) is 84.9 Å². The Bertz CT molecular complexity index is 3350. The highest BCUT2D eigenvalue weighted by Gasteiger charge is 2.34. The number of benzene rings is 4. The number of fused-ring (bicyclic) bond motifs is 5. The molecule has 0 bridgehead atoms. The van der Waals surface area contributed by atoms with Crippen molar-refractivity contribution in [2.45, 2.75) is 95.2 Å². The minimum absolute atomic E-state index is 0.0842. The molecule has 0 saturated heterocycles. The number of amides is 6. The van der Waals surface area contributed by atoms with Gasteiger partial charge in [0.1, 0.15) is 12.6 Å². The molecular formula is C73H93N9O14. The van der Waals surface area contributed by atoms with Crippen LogP contribution in [-0.4, -0.2) is 194 Å². The highest BCUT2D eigenvalue weighted by molar-refractivity contribution is 6.07. The summed E-state index contributed by atoms with van der Waals surface area (Å²) in [5, 5.41) is 19.4. The molecule has 4 heterocycles. The summed E-state index contributed by atoms with van der Waals surface area (Å²) in [6.45, 7) is 9.23. The van der Waals surface area contributed by atoms with Crippen molar-refractivity contribution in [2.75, 3.05) is 138 Å². The van der Waals surface area contributed by atoms with E-state index in [-0.39, 0.29) is 49.3 Å². The van der Waals surface area contributed by atoms with E-state index in [1.165, 1.54) is 0 Å². The molecule has 23 nitrogen and oxygen atoms in total. The zero-order chi connectivity index (χ0) is 66.8. The molecule has 3 aliphatic rings. The molecule has 0 saturated carbocycles. The number of alkyl carbamates (subject to hydrolysis) is 1. The number of carbonyl (C=O) groups excluding carboxylic acids is 5. The fraction of sp³-hybridized carbons (Fsp3) is 0.479. The quantitative estimate of drug-likeness (QED) is 0.0260. The Balaban J connectivity index is 0.671. The second-order valence-corrected chi connectivity index (χ2v) is 23.6. The number of rotatable bonds is 44. The van der Waals surface area contributed by atoms with E-state index in [2.05, 4.69) is 55.5 Å². The number of hydrogen-bond acceptors (Lipinski definition) is 17. The van der Waals surface area contributed by atoms with Crippen LogP contribution < -0.4 is 21.3 Å². The van der Waals surface area contributed by atoms with Crippen molar-refractivity contribution >= 4 is 52.1 Å². The van der Waals surface area contributed by atoms with Gasteiger partial charge in [-0.25, -0.2) is 14.6 Å². The van der Waals surface area contributed by atoms with E-state index >= 15 is 0 Å². The second kappa shape index (κ2) is 40.3. The molecule has 1 unspecified atom stereocenters. The highest BCUT2D eigenvalue weighted by Crippen LogP contribution is 2.44. The minimum atomic E-state index is -0.843. The van der Waals surface area contributed by atoms with Crippen LogP contribution in [0.2, 0.25) is 0 Å². The summed E-state index contributed by atoms with van der Waals surface area (Å²) in [7, 11) is 1.64. The number of ether oxygens (including phenoxy) is 9. The van der Waals surface area contributed by atoms with Gasteiger partial charge in [-0.05, 0) is 101 Å². The minimum Gasteiger partial charge on any atom is -0.449 e. The van der Waals surface area contributed by atoms with Crippen molar-refractivity contribution in [3.63, 3.8) is 0 Å². The third-order valence-corrected chi connectivity index (χ3v) is 16.9. The Hall–Kier alpha value is -8.26. The average Bonchev–Trinajstić information content (AvgIpc) is 1.31. The first-order chi connectivity index (χ1) is 47.2. The normalized spacial score (nSPS) is 14.4. The SMILES string of the molecule is COCCOCCOCCOCCOCCOCCOCCOCCC(=O)NCCCCC[C@H](NC(=O)OCC1c2ccccc2-c2ccccc21)C(=O)NCCCCCCN1N=C(c2ccc(NC(=O)N3Cc4ccncc4C3)cc2)CC(c2cccc3ncccc23)C1=O. The third-order valence-electron chi connectivity index (χ3n) is 16.9. The molecule has 2 aromatic heterocycles. The van der Waals surface area contributed by atoms with Crippen LogP contribution in [0.5, 0.6) is 0 Å². The maximum Gasteiger partial charge on any atom is 0.407 e. The Labute approximate surface area is 562 Å². The summed E-state index contributed by atoms with van der Waals surface area (Å²) in [5.41, 5.74) is 10.5. The molecule has 96 heavy (non-hydrogen) atoms. The molecule has 1 aliphatic carbocycles. The Morgan fingerprint density at radius 3 is 1.83 bits per heavy atom. The summed E-state index contributed by atoms with van der Waals surface area (Å²) >= 11 is 0. The Morgan fingerprint density at radius 1 is 0.583 bits per heavy atom. The maximum atomic E-state index is 14.4. The molecular weight excluding hydrogens is 1230 g/mol. The number of nitrogens with one attached hydrogen (secondary N) is 4. The van der Waals surface area contributed by atoms with Crippen molar-refractivity contribution in [3.8, 4) is 11.1 Å². The van der Waals surface area contributed by atoms with Crippen LogP contribution in [0, 0.1) is 0 Å².